The molecule has 0 radical (unpaired) electrons. The minimum Gasteiger partial charge on any atom is -0.398 e. The average Bonchev–Trinajstić information content (AvgIpc) is 3.01. The molecule has 0 bridgehead atoms. The SMILES string of the molecule is Nc1cccc(Cl)c1SCC(=O)NC1CC1. The zero-order valence-electron chi connectivity index (χ0n) is 8.70. The van der Waals surface area contributed by atoms with Crippen LogP contribution >= 0.6 is 23.4 Å². The van der Waals surface area contributed by atoms with E-state index in [4.69, 9.17) is 17.3 Å². The molecule has 86 valence electrons. The standard InChI is InChI=1S/C11H13ClN2OS/c12-8-2-1-3-9(13)11(8)16-6-10(15)14-7-4-5-7/h1-3,7H,4-6,13H2,(H,14,15). The number of nitrogens with one attached hydrogen (secondary N) is 1. The van der Waals surface area contributed by atoms with Gasteiger partial charge in [-0.1, -0.05) is 17.7 Å². The Balaban J connectivity index is 1.90. The summed E-state index contributed by atoms with van der Waals surface area (Å²) < 4.78 is 0. The van der Waals surface area contributed by atoms with Gasteiger partial charge in [0.25, 0.3) is 0 Å². The fraction of sp³-hybridized carbons (Fsp3) is 0.364. The maximum absolute atomic E-state index is 11.5. The molecule has 3 nitrogen and oxygen atoms in total. The lowest BCUT2D eigenvalue weighted by atomic mass is 10.3. The van der Waals surface area contributed by atoms with Crippen molar-refractivity contribution in [1.29, 1.82) is 0 Å². The molecule has 0 unspecified atom stereocenters. The number of nitrogens with two attached hydrogens (primary N) is 1. The van der Waals surface area contributed by atoms with E-state index in [2.05, 4.69) is 5.32 Å². The second kappa shape index (κ2) is 4.97. The van der Waals surface area contributed by atoms with Gasteiger partial charge in [0.15, 0.2) is 0 Å². The number of hydrogen-bond donors (Lipinski definition) is 2. The normalized spacial score (nSPS) is 14.8. The predicted octanol–water partition coefficient (Wildman–Crippen LogP) is 2.29. The van der Waals surface area contributed by atoms with E-state index in [1.165, 1.54) is 11.8 Å². The second-order valence-corrected chi connectivity index (χ2v) is 5.18. The van der Waals surface area contributed by atoms with Crippen LogP contribution in [0, 0.1) is 0 Å². The van der Waals surface area contributed by atoms with E-state index in [9.17, 15) is 4.79 Å². The summed E-state index contributed by atoms with van der Waals surface area (Å²) in [5.74, 6) is 0.413. The highest BCUT2D eigenvalue weighted by Gasteiger charge is 2.23. The molecule has 1 amide bonds. The zero-order chi connectivity index (χ0) is 11.5. The van der Waals surface area contributed by atoms with Gasteiger partial charge in [0.05, 0.1) is 10.8 Å². The first-order valence-electron chi connectivity index (χ1n) is 5.13. The van der Waals surface area contributed by atoms with Crippen molar-refractivity contribution in [2.75, 3.05) is 11.5 Å². The van der Waals surface area contributed by atoms with Gasteiger partial charge >= 0.3 is 0 Å². The first-order chi connectivity index (χ1) is 7.66. The van der Waals surface area contributed by atoms with E-state index < -0.39 is 0 Å². The Morgan fingerprint density at radius 1 is 1.56 bits per heavy atom. The Hall–Kier alpha value is -0.870. The Kier molecular flexibility index (Phi) is 3.61. The molecule has 5 heteroatoms. The second-order valence-electron chi connectivity index (χ2n) is 3.79. The molecule has 1 aliphatic carbocycles. The molecule has 1 aliphatic rings. The van der Waals surface area contributed by atoms with Crippen molar-refractivity contribution in [3.8, 4) is 0 Å². The topological polar surface area (TPSA) is 55.1 Å². The molecule has 16 heavy (non-hydrogen) atoms. The van der Waals surface area contributed by atoms with Crippen LogP contribution in [0.25, 0.3) is 0 Å². The van der Waals surface area contributed by atoms with Crippen molar-refractivity contribution in [3.05, 3.63) is 23.2 Å². The Bertz CT molecular complexity index is 387. The van der Waals surface area contributed by atoms with Crippen molar-refractivity contribution in [1.82, 2.24) is 5.32 Å². The summed E-state index contributed by atoms with van der Waals surface area (Å²) in [7, 11) is 0. The van der Waals surface area contributed by atoms with Gasteiger partial charge in [-0.15, -0.1) is 11.8 Å². The molecule has 0 atom stereocenters. The lowest BCUT2D eigenvalue weighted by Gasteiger charge is -2.07. The van der Waals surface area contributed by atoms with Crippen LogP contribution in [0.4, 0.5) is 5.69 Å². The van der Waals surface area contributed by atoms with Gasteiger partial charge < -0.3 is 11.1 Å². The van der Waals surface area contributed by atoms with Crippen LogP contribution in [0.1, 0.15) is 12.8 Å². The maximum atomic E-state index is 11.5. The first kappa shape index (κ1) is 11.6. The molecule has 1 fully saturated rings. The van der Waals surface area contributed by atoms with Crippen LogP contribution < -0.4 is 11.1 Å². The van der Waals surface area contributed by atoms with E-state index in [1.807, 2.05) is 0 Å². The van der Waals surface area contributed by atoms with E-state index in [0.29, 0.717) is 22.5 Å². The Morgan fingerprint density at radius 3 is 2.94 bits per heavy atom. The van der Waals surface area contributed by atoms with Crippen molar-refractivity contribution < 1.29 is 4.79 Å². The number of rotatable bonds is 4. The number of benzene rings is 1. The molecule has 0 saturated heterocycles. The summed E-state index contributed by atoms with van der Waals surface area (Å²) in [4.78, 5) is 12.3. The molecule has 0 aliphatic heterocycles. The third-order valence-electron chi connectivity index (χ3n) is 2.29. The van der Waals surface area contributed by atoms with Crippen LogP contribution in [0.5, 0.6) is 0 Å². The maximum Gasteiger partial charge on any atom is 0.230 e. The first-order valence-corrected chi connectivity index (χ1v) is 6.49. The number of carbonyl (C=O) groups is 1. The lowest BCUT2D eigenvalue weighted by molar-refractivity contribution is -0.118. The summed E-state index contributed by atoms with van der Waals surface area (Å²) in [6.45, 7) is 0. The minimum atomic E-state index is 0.0480. The molecule has 0 heterocycles. The summed E-state index contributed by atoms with van der Waals surface area (Å²) >= 11 is 7.38. The lowest BCUT2D eigenvalue weighted by Crippen LogP contribution is -2.27. The molecule has 1 aromatic rings. The van der Waals surface area contributed by atoms with Gasteiger partial charge in [-0.05, 0) is 25.0 Å². The fourth-order valence-electron chi connectivity index (χ4n) is 1.31. The number of halogens is 1. The smallest absolute Gasteiger partial charge is 0.230 e. The Labute approximate surface area is 104 Å². The van der Waals surface area contributed by atoms with E-state index in [1.54, 1.807) is 18.2 Å². The molecule has 1 aromatic carbocycles. The van der Waals surface area contributed by atoms with Gasteiger partial charge in [-0.25, -0.2) is 0 Å². The van der Waals surface area contributed by atoms with E-state index in [-0.39, 0.29) is 5.91 Å². The third-order valence-corrected chi connectivity index (χ3v) is 3.87. The number of thioether (sulfide) groups is 1. The molecule has 3 N–H and O–H groups in total. The average molecular weight is 257 g/mol. The van der Waals surface area contributed by atoms with Crippen molar-refractivity contribution in [2.45, 2.75) is 23.8 Å². The minimum absolute atomic E-state index is 0.0480. The highest BCUT2D eigenvalue weighted by molar-refractivity contribution is 8.00. The highest BCUT2D eigenvalue weighted by atomic mass is 35.5. The van der Waals surface area contributed by atoms with Crippen molar-refractivity contribution >= 4 is 35.0 Å². The number of carbonyl (C=O) groups excluding carboxylic acids is 1. The molecular formula is C11H13ClN2OS. The quantitative estimate of drug-likeness (QED) is 0.642. The van der Waals surface area contributed by atoms with Gasteiger partial charge in [0, 0.05) is 16.6 Å². The monoisotopic (exact) mass is 256 g/mol. The number of hydrogen-bond acceptors (Lipinski definition) is 3. The summed E-state index contributed by atoms with van der Waals surface area (Å²) in [6, 6.07) is 5.76. The molecule has 2 rings (SSSR count). The van der Waals surface area contributed by atoms with Gasteiger partial charge in [-0.3, -0.25) is 4.79 Å². The molecule has 1 saturated carbocycles. The van der Waals surface area contributed by atoms with Crippen LogP contribution in [0.2, 0.25) is 5.02 Å². The van der Waals surface area contributed by atoms with Crippen LogP contribution in [-0.2, 0) is 4.79 Å². The number of amides is 1. The summed E-state index contributed by atoms with van der Waals surface area (Å²) in [5, 5.41) is 3.52. The van der Waals surface area contributed by atoms with Gasteiger partial charge in [0.2, 0.25) is 5.91 Å². The van der Waals surface area contributed by atoms with Crippen LogP contribution in [-0.4, -0.2) is 17.7 Å². The molecule has 0 aromatic heterocycles. The highest BCUT2D eigenvalue weighted by Crippen LogP contribution is 2.32. The largest absolute Gasteiger partial charge is 0.398 e. The summed E-state index contributed by atoms with van der Waals surface area (Å²) in [6.07, 6.45) is 2.20. The van der Waals surface area contributed by atoms with Gasteiger partial charge in [0.1, 0.15) is 0 Å². The Morgan fingerprint density at radius 2 is 2.31 bits per heavy atom. The fourth-order valence-corrected chi connectivity index (χ4v) is 2.46. The van der Waals surface area contributed by atoms with Crippen LogP contribution in [0.15, 0.2) is 23.1 Å². The van der Waals surface area contributed by atoms with E-state index >= 15 is 0 Å². The molecular weight excluding hydrogens is 244 g/mol. The van der Waals surface area contributed by atoms with Crippen molar-refractivity contribution in [3.63, 3.8) is 0 Å². The zero-order valence-corrected chi connectivity index (χ0v) is 10.3. The van der Waals surface area contributed by atoms with Gasteiger partial charge in [-0.2, -0.15) is 0 Å². The number of nitrogen functional groups attached to an aromatic ring is 1. The number of anilines is 1. The van der Waals surface area contributed by atoms with Crippen molar-refractivity contribution in [2.24, 2.45) is 0 Å². The third kappa shape index (κ3) is 3.06. The van der Waals surface area contributed by atoms with E-state index in [0.717, 1.165) is 17.7 Å². The van der Waals surface area contributed by atoms with Crippen LogP contribution in [0.3, 0.4) is 0 Å². The predicted molar refractivity (Wildman–Crippen MR) is 67.8 cm³/mol. The molecule has 0 spiro atoms. The summed E-state index contributed by atoms with van der Waals surface area (Å²) in [5.41, 5.74) is 6.41.